The number of carbonyl (C=O) groups is 4. The van der Waals surface area contributed by atoms with Crippen molar-refractivity contribution >= 4 is 63.4 Å². The van der Waals surface area contributed by atoms with Gasteiger partial charge in [-0.2, -0.15) is 5.26 Å². The highest BCUT2D eigenvalue weighted by atomic mass is 35.5. The number of aliphatic carboxylic acids is 3. The molecular weight excluding hydrogens is 712 g/mol. The van der Waals surface area contributed by atoms with E-state index in [-0.39, 0.29) is 12.5 Å². The standard InChI is InChI=1S/C30H29ClN6O3.C6H8O7/c1-4-39-28-16-25-23(15-26(28)36-29(38)9-7-13-37(2)3)30(20(17-32)18-34-25)35-21-10-11-27(24(31)14-21)40-19-22-8-5-6-12-33-22;7-3(8)1-6(13,5(11)12)2-4(9)10/h5-12,14-16,18H,4,13,19H2,1-3H3,(H,34,35)(H,36,38);13H,1-2H2,(H,7,8)(H,9,10)(H,11,12)/b9-7+;. The Kier molecular flexibility index (Phi) is 15.0. The molecule has 6 N–H and O–H groups in total. The Bertz CT molecular complexity index is 2000. The number of carboxylic acids is 3. The van der Waals surface area contributed by atoms with Gasteiger partial charge in [-0.15, -0.1) is 0 Å². The summed E-state index contributed by atoms with van der Waals surface area (Å²) in [7, 11) is 3.84. The van der Waals surface area contributed by atoms with Crippen LogP contribution in [0, 0.1) is 11.3 Å². The van der Waals surface area contributed by atoms with E-state index >= 15 is 0 Å². The van der Waals surface area contributed by atoms with Crippen molar-refractivity contribution in [1.82, 2.24) is 14.9 Å². The number of amides is 1. The summed E-state index contributed by atoms with van der Waals surface area (Å²) in [5, 5.41) is 50.9. The lowest BCUT2D eigenvalue weighted by Crippen LogP contribution is -2.42. The minimum absolute atomic E-state index is 0.280. The first-order valence-electron chi connectivity index (χ1n) is 15.8. The Labute approximate surface area is 308 Å². The summed E-state index contributed by atoms with van der Waals surface area (Å²) in [5.41, 5.74) is 0.587. The summed E-state index contributed by atoms with van der Waals surface area (Å²) in [6.07, 6.45) is 4.15. The molecule has 0 aliphatic carbocycles. The molecule has 2 aromatic heterocycles. The normalized spacial score (nSPS) is 11.0. The zero-order chi connectivity index (χ0) is 39.1. The molecule has 0 spiro atoms. The number of aromatic nitrogens is 2. The minimum atomic E-state index is -2.74. The number of carboxylic acid groups (broad SMARTS) is 3. The number of fused-ring (bicyclic) bond motifs is 1. The predicted molar refractivity (Wildman–Crippen MR) is 194 cm³/mol. The number of carbonyl (C=O) groups excluding carboxylic acids is 1. The van der Waals surface area contributed by atoms with Gasteiger partial charge in [-0.1, -0.05) is 23.7 Å². The van der Waals surface area contributed by atoms with Gasteiger partial charge in [0.1, 0.15) is 24.2 Å². The quantitative estimate of drug-likeness (QED) is 0.0852. The van der Waals surface area contributed by atoms with Gasteiger partial charge >= 0.3 is 17.9 Å². The van der Waals surface area contributed by atoms with Crippen LogP contribution in [0.25, 0.3) is 10.9 Å². The molecule has 53 heavy (non-hydrogen) atoms. The van der Waals surface area contributed by atoms with Crippen LogP contribution < -0.4 is 20.1 Å². The van der Waals surface area contributed by atoms with E-state index in [2.05, 4.69) is 26.7 Å². The predicted octanol–water partition coefficient (Wildman–Crippen LogP) is 4.68. The van der Waals surface area contributed by atoms with Crippen LogP contribution in [0.5, 0.6) is 11.5 Å². The first kappa shape index (κ1) is 41.1. The lowest BCUT2D eigenvalue weighted by Gasteiger charge is -2.18. The fourth-order valence-corrected chi connectivity index (χ4v) is 4.78. The Morgan fingerprint density at radius 3 is 2.28 bits per heavy atom. The third kappa shape index (κ3) is 12.5. The largest absolute Gasteiger partial charge is 0.492 e. The molecule has 0 saturated heterocycles. The SMILES string of the molecule is CCOc1cc2ncc(C#N)c(Nc3ccc(OCc4ccccn4)c(Cl)c3)c2cc1NC(=O)/C=C/CN(C)C.O=C(O)CC(O)(CC(=O)O)C(=O)O. The molecule has 17 heteroatoms. The molecule has 4 rings (SSSR count). The smallest absolute Gasteiger partial charge is 0.336 e. The van der Waals surface area contributed by atoms with Crippen molar-refractivity contribution in [3.8, 4) is 17.6 Å². The van der Waals surface area contributed by atoms with Gasteiger partial charge in [-0.25, -0.2) is 4.79 Å². The lowest BCUT2D eigenvalue weighted by atomic mass is 9.96. The van der Waals surface area contributed by atoms with Crippen LogP contribution in [0.4, 0.5) is 17.1 Å². The van der Waals surface area contributed by atoms with Gasteiger partial charge in [-0.05, 0) is 57.4 Å². The lowest BCUT2D eigenvalue weighted by molar-refractivity contribution is -0.170. The summed E-state index contributed by atoms with van der Waals surface area (Å²) in [6, 6.07) is 16.6. The topological polar surface area (TPSA) is 245 Å². The number of hydrogen-bond acceptors (Lipinski definition) is 12. The number of nitriles is 1. The van der Waals surface area contributed by atoms with Crippen molar-refractivity contribution in [3.05, 3.63) is 89.4 Å². The summed E-state index contributed by atoms with van der Waals surface area (Å²) >= 11 is 6.52. The van der Waals surface area contributed by atoms with Crippen molar-refractivity contribution < 1.29 is 49.1 Å². The first-order valence-corrected chi connectivity index (χ1v) is 16.1. The number of rotatable bonds is 16. The molecule has 0 saturated carbocycles. The second kappa shape index (κ2) is 19.4. The highest BCUT2D eigenvalue weighted by molar-refractivity contribution is 6.32. The molecule has 2 aromatic carbocycles. The molecule has 16 nitrogen and oxygen atoms in total. The van der Waals surface area contributed by atoms with E-state index in [1.165, 1.54) is 12.3 Å². The number of nitrogens with one attached hydrogen (secondary N) is 2. The Balaban J connectivity index is 0.000000496. The maximum Gasteiger partial charge on any atom is 0.336 e. The van der Waals surface area contributed by atoms with Crippen molar-refractivity contribution in [3.63, 3.8) is 0 Å². The van der Waals surface area contributed by atoms with E-state index in [0.29, 0.717) is 63.2 Å². The van der Waals surface area contributed by atoms with Crippen LogP contribution in [-0.2, 0) is 25.8 Å². The van der Waals surface area contributed by atoms with E-state index in [1.807, 2.05) is 44.1 Å². The zero-order valence-corrected chi connectivity index (χ0v) is 29.6. The molecule has 278 valence electrons. The molecular formula is C36H37ClN6O10. The van der Waals surface area contributed by atoms with Crippen molar-refractivity contribution in [1.29, 1.82) is 5.26 Å². The Hall–Kier alpha value is -6.28. The minimum Gasteiger partial charge on any atom is -0.492 e. The summed E-state index contributed by atoms with van der Waals surface area (Å²) in [4.78, 5) is 53.7. The van der Waals surface area contributed by atoms with Crippen LogP contribution >= 0.6 is 11.6 Å². The highest BCUT2D eigenvalue weighted by Crippen LogP contribution is 2.37. The molecule has 0 radical (unpaired) electrons. The number of anilines is 3. The number of aliphatic hydroxyl groups is 1. The van der Waals surface area contributed by atoms with Crippen LogP contribution in [0.2, 0.25) is 5.02 Å². The fraction of sp³-hybridized carbons (Fsp3) is 0.250. The number of hydrogen-bond donors (Lipinski definition) is 6. The average Bonchev–Trinajstić information content (AvgIpc) is 3.08. The highest BCUT2D eigenvalue weighted by Gasteiger charge is 2.40. The zero-order valence-electron chi connectivity index (χ0n) is 28.9. The van der Waals surface area contributed by atoms with E-state index in [9.17, 15) is 24.4 Å². The molecule has 0 bridgehead atoms. The molecule has 0 unspecified atom stereocenters. The second-order valence-corrected chi connectivity index (χ2v) is 11.9. The van der Waals surface area contributed by atoms with Gasteiger partial charge in [0.25, 0.3) is 0 Å². The molecule has 4 aromatic rings. The van der Waals surface area contributed by atoms with E-state index in [4.69, 9.17) is 41.5 Å². The van der Waals surface area contributed by atoms with Gasteiger partial charge in [0, 0.05) is 42.2 Å². The number of pyridine rings is 2. The number of likely N-dealkylation sites (N-methyl/N-ethyl adjacent to an activating group) is 1. The van der Waals surface area contributed by atoms with Crippen molar-refractivity contribution in [2.45, 2.75) is 32.0 Å². The maximum absolute atomic E-state index is 12.6. The fourth-order valence-electron chi connectivity index (χ4n) is 4.55. The van der Waals surface area contributed by atoms with Gasteiger partial charge in [0.15, 0.2) is 5.60 Å². The number of benzene rings is 2. The Morgan fingerprint density at radius 1 is 1.00 bits per heavy atom. The first-order chi connectivity index (χ1) is 25.1. The van der Waals surface area contributed by atoms with Crippen LogP contribution in [0.3, 0.4) is 0 Å². The number of nitrogens with zero attached hydrogens (tertiary/aromatic N) is 4. The van der Waals surface area contributed by atoms with Crippen molar-refractivity contribution in [2.24, 2.45) is 0 Å². The summed E-state index contributed by atoms with van der Waals surface area (Å²) < 4.78 is 11.6. The third-order valence-corrected chi connectivity index (χ3v) is 7.27. The van der Waals surface area contributed by atoms with E-state index < -0.39 is 36.4 Å². The molecule has 2 heterocycles. The van der Waals surface area contributed by atoms with Crippen LogP contribution in [-0.4, -0.2) is 92.0 Å². The molecule has 0 atom stereocenters. The number of halogens is 1. The van der Waals surface area contributed by atoms with Gasteiger partial charge in [0.2, 0.25) is 5.91 Å². The third-order valence-electron chi connectivity index (χ3n) is 6.98. The second-order valence-electron chi connectivity index (χ2n) is 11.5. The van der Waals surface area contributed by atoms with Crippen LogP contribution in [0.15, 0.2) is 73.1 Å². The summed E-state index contributed by atoms with van der Waals surface area (Å²) in [6.45, 7) is 3.17. The molecule has 1 amide bonds. The summed E-state index contributed by atoms with van der Waals surface area (Å²) in [5.74, 6) is -4.33. The average molecular weight is 749 g/mol. The monoisotopic (exact) mass is 748 g/mol. The Morgan fingerprint density at radius 2 is 1.72 bits per heavy atom. The van der Waals surface area contributed by atoms with Gasteiger partial charge < -0.3 is 45.4 Å². The maximum atomic E-state index is 12.6. The molecule has 0 aliphatic heterocycles. The van der Waals surface area contributed by atoms with Crippen LogP contribution in [0.1, 0.15) is 31.0 Å². The van der Waals surface area contributed by atoms with E-state index in [1.54, 1.807) is 42.6 Å². The van der Waals surface area contributed by atoms with Gasteiger partial charge in [-0.3, -0.25) is 24.4 Å². The van der Waals surface area contributed by atoms with E-state index in [0.717, 1.165) is 5.69 Å². The molecule has 0 fully saturated rings. The van der Waals surface area contributed by atoms with Gasteiger partial charge in [0.05, 0.1) is 52.6 Å². The van der Waals surface area contributed by atoms with Crippen molar-refractivity contribution in [2.75, 3.05) is 37.9 Å². The number of ether oxygens (including phenoxy) is 2. The molecule has 0 aliphatic rings.